The first-order valence-electron chi connectivity index (χ1n) is 6.37. The molecule has 1 aromatic rings. The van der Waals surface area contributed by atoms with Crippen LogP contribution in [-0.4, -0.2) is 65.1 Å². The summed E-state index contributed by atoms with van der Waals surface area (Å²) in [6.07, 6.45) is 0. The zero-order chi connectivity index (χ0) is 13.8. The molecule has 1 fully saturated rings. The molecule has 1 aromatic heterocycles. The Morgan fingerprint density at radius 1 is 1.37 bits per heavy atom. The van der Waals surface area contributed by atoms with Gasteiger partial charge in [-0.1, -0.05) is 0 Å². The summed E-state index contributed by atoms with van der Waals surface area (Å²) in [6.45, 7) is 5.75. The van der Waals surface area contributed by atoms with Crippen LogP contribution in [0.15, 0.2) is 16.7 Å². The van der Waals surface area contributed by atoms with E-state index < -0.39 is 0 Å². The van der Waals surface area contributed by atoms with Gasteiger partial charge in [-0.25, -0.2) is 4.98 Å². The van der Waals surface area contributed by atoms with Gasteiger partial charge in [-0.3, -0.25) is 9.69 Å². The maximum atomic E-state index is 12.4. The lowest BCUT2D eigenvalue weighted by atomic mass is 10.2. The molecule has 2 heterocycles. The van der Waals surface area contributed by atoms with Gasteiger partial charge in [0.1, 0.15) is 4.60 Å². The molecule has 0 radical (unpaired) electrons. The molecule has 2 rings (SSSR count). The lowest BCUT2D eigenvalue weighted by Gasteiger charge is -2.34. The van der Waals surface area contributed by atoms with E-state index in [2.05, 4.69) is 25.8 Å². The van der Waals surface area contributed by atoms with Gasteiger partial charge in [-0.05, 0) is 35.0 Å². The number of piperazine rings is 1. The van der Waals surface area contributed by atoms with E-state index in [1.54, 1.807) is 0 Å². The highest BCUT2D eigenvalue weighted by atomic mass is 79.9. The van der Waals surface area contributed by atoms with Crippen LogP contribution < -0.4 is 0 Å². The number of aliphatic hydroxyl groups is 1. The number of nitrogens with zero attached hydrogens (tertiary/aromatic N) is 3. The van der Waals surface area contributed by atoms with E-state index in [1.165, 1.54) is 0 Å². The molecule has 0 aromatic carbocycles. The van der Waals surface area contributed by atoms with Crippen LogP contribution in [0.2, 0.25) is 0 Å². The summed E-state index contributed by atoms with van der Waals surface area (Å²) in [7, 11) is 0. The molecule has 0 unspecified atom stereocenters. The van der Waals surface area contributed by atoms with Gasteiger partial charge in [-0.2, -0.15) is 0 Å². The number of amides is 1. The molecule has 1 amide bonds. The molecule has 6 heteroatoms. The smallest absolute Gasteiger partial charge is 0.256 e. The van der Waals surface area contributed by atoms with Gasteiger partial charge >= 0.3 is 0 Å². The predicted octanol–water partition coefficient (Wildman–Crippen LogP) is 0.903. The molecule has 19 heavy (non-hydrogen) atoms. The van der Waals surface area contributed by atoms with Crippen LogP contribution >= 0.6 is 15.9 Å². The molecule has 104 valence electrons. The molecule has 0 saturated carbocycles. The van der Waals surface area contributed by atoms with Gasteiger partial charge in [-0.15, -0.1) is 0 Å². The zero-order valence-electron chi connectivity index (χ0n) is 11.0. The Morgan fingerprint density at radius 2 is 2.05 bits per heavy atom. The topological polar surface area (TPSA) is 56.7 Å². The van der Waals surface area contributed by atoms with E-state index in [0.29, 0.717) is 29.8 Å². The molecule has 1 aliphatic heterocycles. The van der Waals surface area contributed by atoms with Crippen molar-refractivity contribution in [1.29, 1.82) is 0 Å². The van der Waals surface area contributed by atoms with Crippen LogP contribution in [0.25, 0.3) is 0 Å². The molecule has 0 spiro atoms. The minimum atomic E-state index is 0.0167. The third-order valence-corrected chi connectivity index (χ3v) is 3.90. The lowest BCUT2D eigenvalue weighted by molar-refractivity contribution is 0.0613. The van der Waals surface area contributed by atoms with Gasteiger partial charge in [0.25, 0.3) is 5.91 Å². The Kier molecular flexibility index (Phi) is 4.90. The van der Waals surface area contributed by atoms with E-state index in [-0.39, 0.29) is 12.5 Å². The fraction of sp³-hybridized carbons (Fsp3) is 0.538. The van der Waals surface area contributed by atoms with Crippen molar-refractivity contribution < 1.29 is 9.90 Å². The fourth-order valence-corrected chi connectivity index (χ4v) is 2.75. The van der Waals surface area contributed by atoms with Crippen molar-refractivity contribution in [3.05, 3.63) is 28.0 Å². The van der Waals surface area contributed by atoms with E-state index in [4.69, 9.17) is 5.11 Å². The van der Waals surface area contributed by atoms with Gasteiger partial charge in [0, 0.05) is 38.4 Å². The summed E-state index contributed by atoms with van der Waals surface area (Å²) >= 11 is 3.35. The molecular formula is C13H18BrN3O2. The van der Waals surface area contributed by atoms with Gasteiger partial charge < -0.3 is 10.0 Å². The predicted molar refractivity (Wildman–Crippen MR) is 76.1 cm³/mol. The molecule has 1 N–H and O–H groups in total. The van der Waals surface area contributed by atoms with E-state index in [1.807, 2.05) is 24.0 Å². The molecule has 1 aliphatic rings. The standard InChI is InChI=1S/C13H18BrN3O2/c1-10-2-3-11(12(14)15-10)13(19)17-6-4-16(5-7-17)8-9-18/h2-3,18H,4-9H2,1H3. The number of pyridine rings is 1. The molecule has 1 saturated heterocycles. The van der Waals surface area contributed by atoms with Crippen molar-refractivity contribution in [2.45, 2.75) is 6.92 Å². The summed E-state index contributed by atoms with van der Waals surface area (Å²) in [4.78, 5) is 20.6. The molecular weight excluding hydrogens is 310 g/mol. The Hall–Kier alpha value is -0.980. The van der Waals surface area contributed by atoms with Crippen molar-refractivity contribution in [2.24, 2.45) is 0 Å². The van der Waals surface area contributed by atoms with Gasteiger partial charge in [0.15, 0.2) is 0 Å². The number of aromatic nitrogens is 1. The Labute approximate surface area is 121 Å². The maximum Gasteiger partial charge on any atom is 0.256 e. The number of carbonyl (C=O) groups is 1. The van der Waals surface area contributed by atoms with Crippen molar-refractivity contribution in [2.75, 3.05) is 39.3 Å². The van der Waals surface area contributed by atoms with Crippen LogP contribution in [-0.2, 0) is 0 Å². The van der Waals surface area contributed by atoms with Gasteiger partial charge in [0.2, 0.25) is 0 Å². The number of aliphatic hydroxyl groups excluding tert-OH is 1. The number of hydrogen-bond donors (Lipinski definition) is 1. The van der Waals surface area contributed by atoms with Crippen molar-refractivity contribution in [3.8, 4) is 0 Å². The Balaban J connectivity index is 2.01. The lowest BCUT2D eigenvalue weighted by Crippen LogP contribution is -2.49. The quantitative estimate of drug-likeness (QED) is 0.838. The highest BCUT2D eigenvalue weighted by Crippen LogP contribution is 2.17. The van der Waals surface area contributed by atoms with Crippen LogP contribution in [0.5, 0.6) is 0 Å². The highest BCUT2D eigenvalue weighted by molar-refractivity contribution is 9.10. The molecule has 0 bridgehead atoms. The summed E-state index contributed by atoms with van der Waals surface area (Å²) in [5, 5.41) is 8.90. The summed E-state index contributed by atoms with van der Waals surface area (Å²) in [5.41, 5.74) is 1.50. The van der Waals surface area contributed by atoms with Gasteiger partial charge in [0.05, 0.1) is 12.2 Å². The summed E-state index contributed by atoms with van der Waals surface area (Å²) < 4.78 is 0.607. The number of β-amino-alcohol motifs (C(OH)–C–C–N with tert-alkyl or cyclic N) is 1. The van der Waals surface area contributed by atoms with Crippen LogP contribution in [0.1, 0.15) is 16.1 Å². The number of aryl methyl sites for hydroxylation is 1. The van der Waals surface area contributed by atoms with Crippen molar-refractivity contribution in [3.63, 3.8) is 0 Å². The van der Waals surface area contributed by atoms with E-state index in [9.17, 15) is 4.79 Å². The van der Waals surface area contributed by atoms with Crippen LogP contribution in [0.3, 0.4) is 0 Å². The second-order valence-electron chi connectivity index (χ2n) is 4.65. The molecule has 5 nitrogen and oxygen atoms in total. The average molecular weight is 328 g/mol. The van der Waals surface area contributed by atoms with E-state index in [0.717, 1.165) is 18.8 Å². The Bertz CT molecular complexity index is 459. The number of rotatable bonds is 3. The fourth-order valence-electron chi connectivity index (χ4n) is 2.17. The normalized spacial score (nSPS) is 16.7. The second kappa shape index (κ2) is 6.45. The average Bonchev–Trinajstić information content (AvgIpc) is 2.39. The Morgan fingerprint density at radius 3 is 2.63 bits per heavy atom. The van der Waals surface area contributed by atoms with Crippen LogP contribution in [0, 0.1) is 6.92 Å². The minimum Gasteiger partial charge on any atom is -0.395 e. The number of hydrogen-bond acceptors (Lipinski definition) is 4. The second-order valence-corrected chi connectivity index (χ2v) is 5.40. The highest BCUT2D eigenvalue weighted by Gasteiger charge is 2.23. The number of halogens is 1. The third kappa shape index (κ3) is 3.52. The van der Waals surface area contributed by atoms with Crippen molar-refractivity contribution >= 4 is 21.8 Å². The van der Waals surface area contributed by atoms with Crippen molar-refractivity contribution in [1.82, 2.24) is 14.8 Å². The third-order valence-electron chi connectivity index (χ3n) is 3.29. The number of carbonyl (C=O) groups excluding carboxylic acids is 1. The SMILES string of the molecule is Cc1ccc(C(=O)N2CCN(CCO)CC2)c(Br)n1. The largest absolute Gasteiger partial charge is 0.395 e. The summed E-state index contributed by atoms with van der Waals surface area (Å²) in [6, 6.07) is 3.66. The first-order valence-corrected chi connectivity index (χ1v) is 7.16. The minimum absolute atomic E-state index is 0.0167. The summed E-state index contributed by atoms with van der Waals surface area (Å²) in [5.74, 6) is 0.0167. The molecule has 0 atom stereocenters. The first-order chi connectivity index (χ1) is 9.11. The monoisotopic (exact) mass is 327 g/mol. The maximum absolute atomic E-state index is 12.4. The molecule has 0 aliphatic carbocycles. The first kappa shape index (κ1) is 14.4. The van der Waals surface area contributed by atoms with E-state index >= 15 is 0 Å². The van der Waals surface area contributed by atoms with Crippen LogP contribution in [0.4, 0.5) is 0 Å². The zero-order valence-corrected chi connectivity index (χ0v) is 12.6.